The third kappa shape index (κ3) is 2.64. The Labute approximate surface area is 119 Å². The minimum Gasteiger partial charge on any atom is -0.397 e. The van der Waals surface area contributed by atoms with Crippen molar-refractivity contribution in [3.8, 4) is 0 Å². The first kappa shape index (κ1) is 14.1. The third-order valence-electron chi connectivity index (χ3n) is 3.62. The van der Waals surface area contributed by atoms with Crippen molar-refractivity contribution in [3.63, 3.8) is 0 Å². The van der Waals surface area contributed by atoms with Crippen LogP contribution in [0.2, 0.25) is 0 Å². The molecule has 1 aromatic heterocycles. The number of hydrogen-bond donors (Lipinski definition) is 2. The first-order chi connectivity index (χ1) is 9.40. The SMILES string of the molecule is Cc1cc(C)c(C)c(C(=O)Nc2ccc(N)cn2)c1C. The van der Waals surface area contributed by atoms with Gasteiger partial charge < -0.3 is 11.1 Å². The van der Waals surface area contributed by atoms with E-state index in [0.29, 0.717) is 11.5 Å². The number of rotatable bonds is 2. The van der Waals surface area contributed by atoms with E-state index in [9.17, 15) is 4.79 Å². The van der Waals surface area contributed by atoms with Gasteiger partial charge in [0, 0.05) is 5.56 Å². The van der Waals surface area contributed by atoms with Crippen molar-refractivity contribution >= 4 is 17.4 Å². The third-order valence-corrected chi connectivity index (χ3v) is 3.62. The van der Waals surface area contributed by atoms with Crippen LogP contribution in [0.15, 0.2) is 24.4 Å². The molecule has 4 nitrogen and oxygen atoms in total. The first-order valence-electron chi connectivity index (χ1n) is 6.50. The molecule has 0 spiro atoms. The summed E-state index contributed by atoms with van der Waals surface area (Å²) in [5.41, 5.74) is 11.1. The standard InChI is InChI=1S/C16H19N3O/c1-9-7-10(2)12(4)15(11(9)3)16(20)19-14-6-5-13(17)8-18-14/h5-8H,17H2,1-4H3,(H,18,19,20). The zero-order valence-electron chi connectivity index (χ0n) is 12.2. The second-order valence-electron chi connectivity index (χ2n) is 5.07. The largest absolute Gasteiger partial charge is 0.397 e. The summed E-state index contributed by atoms with van der Waals surface area (Å²) in [6.07, 6.45) is 1.52. The Balaban J connectivity index is 2.37. The molecule has 104 valence electrons. The van der Waals surface area contributed by atoms with Crippen LogP contribution in [0.1, 0.15) is 32.6 Å². The quantitative estimate of drug-likeness (QED) is 0.880. The monoisotopic (exact) mass is 269 g/mol. The van der Waals surface area contributed by atoms with E-state index in [1.54, 1.807) is 12.1 Å². The van der Waals surface area contributed by atoms with Gasteiger partial charge in [0.2, 0.25) is 0 Å². The Morgan fingerprint density at radius 2 is 1.70 bits per heavy atom. The van der Waals surface area contributed by atoms with Crippen LogP contribution in [0.3, 0.4) is 0 Å². The molecule has 0 saturated heterocycles. The summed E-state index contributed by atoms with van der Waals surface area (Å²) in [5.74, 6) is 0.367. The molecule has 2 aromatic rings. The van der Waals surface area contributed by atoms with Gasteiger partial charge in [-0.15, -0.1) is 0 Å². The first-order valence-corrected chi connectivity index (χ1v) is 6.50. The van der Waals surface area contributed by atoms with E-state index in [1.165, 1.54) is 6.20 Å². The van der Waals surface area contributed by atoms with Crippen molar-refractivity contribution in [1.29, 1.82) is 0 Å². The van der Waals surface area contributed by atoms with E-state index >= 15 is 0 Å². The average molecular weight is 269 g/mol. The molecule has 0 unspecified atom stereocenters. The Kier molecular flexibility index (Phi) is 3.74. The van der Waals surface area contributed by atoms with Crippen LogP contribution in [0.5, 0.6) is 0 Å². The normalized spacial score (nSPS) is 10.4. The summed E-state index contributed by atoms with van der Waals surface area (Å²) < 4.78 is 0. The molecule has 0 fully saturated rings. The second-order valence-corrected chi connectivity index (χ2v) is 5.07. The molecule has 20 heavy (non-hydrogen) atoms. The molecular formula is C16H19N3O. The molecule has 4 heteroatoms. The maximum atomic E-state index is 12.5. The van der Waals surface area contributed by atoms with Gasteiger partial charge in [0.25, 0.3) is 5.91 Å². The van der Waals surface area contributed by atoms with Crippen LogP contribution in [-0.2, 0) is 0 Å². The number of nitrogens with one attached hydrogen (secondary N) is 1. The zero-order chi connectivity index (χ0) is 14.9. The van der Waals surface area contributed by atoms with E-state index in [0.717, 1.165) is 27.8 Å². The van der Waals surface area contributed by atoms with Crippen LogP contribution in [0.25, 0.3) is 0 Å². The highest BCUT2D eigenvalue weighted by Gasteiger charge is 2.16. The molecule has 0 bridgehead atoms. The van der Waals surface area contributed by atoms with Gasteiger partial charge in [-0.1, -0.05) is 6.07 Å². The van der Waals surface area contributed by atoms with Crippen molar-refractivity contribution in [2.24, 2.45) is 0 Å². The summed E-state index contributed by atoms with van der Waals surface area (Å²) >= 11 is 0. The summed E-state index contributed by atoms with van der Waals surface area (Å²) in [5, 5.41) is 2.82. The number of aryl methyl sites for hydroxylation is 2. The molecule has 0 aliphatic carbocycles. The van der Waals surface area contributed by atoms with Crippen molar-refractivity contribution in [3.05, 3.63) is 52.2 Å². The lowest BCUT2D eigenvalue weighted by molar-refractivity contribution is 0.102. The lowest BCUT2D eigenvalue weighted by Crippen LogP contribution is -2.17. The second kappa shape index (κ2) is 5.33. The van der Waals surface area contributed by atoms with Crippen LogP contribution < -0.4 is 11.1 Å². The fourth-order valence-corrected chi connectivity index (χ4v) is 2.22. The number of carbonyl (C=O) groups excluding carboxylic acids is 1. The fourth-order valence-electron chi connectivity index (χ4n) is 2.22. The van der Waals surface area contributed by atoms with Gasteiger partial charge in [-0.2, -0.15) is 0 Å². The van der Waals surface area contributed by atoms with Crippen molar-refractivity contribution in [1.82, 2.24) is 4.98 Å². The van der Waals surface area contributed by atoms with Gasteiger partial charge in [0.1, 0.15) is 5.82 Å². The summed E-state index contributed by atoms with van der Waals surface area (Å²) in [4.78, 5) is 16.6. The van der Waals surface area contributed by atoms with E-state index in [4.69, 9.17) is 5.73 Å². The van der Waals surface area contributed by atoms with Crippen LogP contribution >= 0.6 is 0 Å². The van der Waals surface area contributed by atoms with Gasteiger partial charge in [-0.25, -0.2) is 4.98 Å². The van der Waals surface area contributed by atoms with Crippen LogP contribution in [0.4, 0.5) is 11.5 Å². The summed E-state index contributed by atoms with van der Waals surface area (Å²) in [6, 6.07) is 5.51. The molecule has 0 saturated carbocycles. The molecule has 0 radical (unpaired) electrons. The van der Waals surface area contributed by atoms with Crippen molar-refractivity contribution in [2.75, 3.05) is 11.1 Å². The summed E-state index contributed by atoms with van der Waals surface area (Å²) in [6.45, 7) is 7.96. The van der Waals surface area contributed by atoms with E-state index in [2.05, 4.69) is 16.4 Å². The Bertz CT molecular complexity index is 634. The molecule has 1 aromatic carbocycles. The van der Waals surface area contributed by atoms with Crippen molar-refractivity contribution in [2.45, 2.75) is 27.7 Å². The molecule has 3 N–H and O–H groups in total. The van der Waals surface area contributed by atoms with E-state index < -0.39 is 0 Å². The molecule has 0 aliphatic rings. The van der Waals surface area contributed by atoms with Gasteiger partial charge in [0.05, 0.1) is 11.9 Å². The molecule has 1 amide bonds. The topological polar surface area (TPSA) is 68.0 Å². The maximum absolute atomic E-state index is 12.5. The number of nitrogens with two attached hydrogens (primary N) is 1. The fraction of sp³-hybridized carbons (Fsp3) is 0.250. The van der Waals surface area contributed by atoms with E-state index in [1.807, 2.05) is 27.7 Å². The smallest absolute Gasteiger partial charge is 0.257 e. The number of benzene rings is 1. The zero-order valence-corrected chi connectivity index (χ0v) is 12.2. The minimum atomic E-state index is -0.135. The molecule has 0 atom stereocenters. The number of nitrogen functional groups attached to an aromatic ring is 1. The Morgan fingerprint density at radius 1 is 1.10 bits per heavy atom. The number of nitrogens with zero attached hydrogens (tertiary/aromatic N) is 1. The highest BCUT2D eigenvalue weighted by atomic mass is 16.1. The lowest BCUT2D eigenvalue weighted by atomic mass is 9.94. The molecule has 1 heterocycles. The number of pyridine rings is 1. The Morgan fingerprint density at radius 3 is 2.20 bits per heavy atom. The number of carbonyl (C=O) groups is 1. The predicted octanol–water partition coefficient (Wildman–Crippen LogP) is 3.15. The number of anilines is 2. The van der Waals surface area contributed by atoms with Crippen molar-refractivity contribution < 1.29 is 4.79 Å². The molecular weight excluding hydrogens is 250 g/mol. The molecule has 2 rings (SSSR count). The number of aromatic nitrogens is 1. The van der Waals surface area contributed by atoms with E-state index in [-0.39, 0.29) is 5.91 Å². The summed E-state index contributed by atoms with van der Waals surface area (Å²) in [7, 11) is 0. The average Bonchev–Trinajstić information content (AvgIpc) is 2.39. The highest BCUT2D eigenvalue weighted by molar-refractivity contribution is 6.06. The van der Waals surface area contributed by atoms with Crippen LogP contribution in [0, 0.1) is 27.7 Å². The van der Waals surface area contributed by atoms with Gasteiger partial charge in [0.15, 0.2) is 0 Å². The van der Waals surface area contributed by atoms with Gasteiger partial charge in [-0.3, -0.25) is 4.79 Å². The maximum Gasteiger partial charge on any atom is 0.257 e. The highest BCUT2D eigenvalue weighted by Crippen LogP contribution is 2.22. The van der Waals surface area contributed by atoms with Gasteiger partial charge in [-0.05, 0) is 62.1 Å². The minimum absolute atomic E-state index is 0.135. The van der Waals surface area contributed by atoms with Gasteiger partial charge >= 0.3 is 0 Å². The molecule has 0 aliphatic heterocycles. The lowest BCUT2D eigenvalue weighted by Gasteiger charge is -2.14. The predicted molar refractivity (Wildman–Crippen MR) is 82.0 cm³/mol. The number of amides is 1. The van der Waals surface area contributed by atoms with Crippen LogP contribution in [-0.4, -0.2) is 10.9 Å². The number of hydrogen-bond acceptors (Lipinski definition) is 3. The Hall–Kier alpha value is -2.36.